The van der Waals surface area contributed by atoms with Gasteiger partial charge in [-0.2, -0.15) is 0 Å². The molecule has 3 aliphatic rings. The SMILES string of the molecule is CN1CN(c2cc(Oc3ccc4c(c3)N(c3ccccn3)C3=Nc5ccccc5C34)c3oc4c(ccc5oc6ccccc6c54)c3c2)c2ccccc21. The summed E-state index contributed by atoms with van der Waals surface area (Å²) in [6.07, 6.45) is 1.82. The fourth-order valence-corrected chi connectivity index (χ4v) is 8.58. The van der Waals surface area contributed by atoms with Crippen molar-refractivity contribution < 1.29 is 13.6 Å². The van der Waals surface area contributed by atoms with Gasteiger partial charge in [0, 0.05) is 47.2 Å². The lowest BCUT2D eigenvalue weighted by atomic mass is 9.93. The van der Waals surface area contributed by atoms with E-state index in [0.29, 0.717) is 23.8 Å². The van der Waals surface area contributed by atoms with E-state index in [1.54, 1.807) is 0 Å². The third-order valence-electron chi connectivity index (χ3n) is 10.9. The van der Waals surface area contributed by atoms with Crippen LogP contribution in [0.4, 0.5) is 34.3 Å². The molecule has 1 atom stereocenters. The van der Waals surface area contributed by atoms with E-state index < -0.39 is 0 Å². The summed E-state index contributed by atoms with van der Waals surface area (Å²) in [5.41, 5.74) is 10.8. The third kappa shape index (κ3) is 4.00. The number of amidine groups is 1. The minimum absolute atomic E-state index is 0.0158. The van der Waals surface area contributed by atoms with Gasteiger partial charge in [-0.3, -0.25) is 4.90 Å². The first-order valence-corrected chi connectivity index (χ1v) is 17.8. The number of para-hydroxylation sites is 4. The zero-order valence-electron chi connectivity index (χ0n) is 28.5. The van der Waals surface area contributed by atoms with Gasteiger partial charge in [-0.05, 0) is 71.8 Å². The second-order valence-electron chi connectivity index (χ2n) is 13.9. The Bertz CT molecular complexity index is 3020. The molecule has 9 aromatic rings. The second-order valence-corrected chi connectivity index (χ2v) is 13.9. The molecule has 0 radical (unpaired) electrons. The van der Waals surface area contributed by atoms with Gasteiger partial charge < -0.3 is 23.4 Å². The van der Waals surface area contributed by atoms with Crippen LogP contribution in [0.25, 0.3) is 43.9 Å². The first kappa shape index (κ1) is 28.6. The highest BCUT2D eigenvalue weighted by Crippen LogP contribution is 2.53. The molecule has 0 amide bonds. The molecule has 0 spiro atoms. The normalized spacial score (nSPS) is 15.8. The van der Waals surface area contributed by atoms with Crippen LogP contribution >= 0.6 is 0 Å². The summed E-state index contributed by atoms with van der Waals surface area (Å²) in [5, 5.41) is 3.97. The molecule has 6 aromatic carbocycles. The Hall–Kier alpha value is -7.06. The highest BCUT2D eigenvalue weighted by atomic mass is 16.5. The Kier molecular flexibility index (Phi) is 5.66. The van der Waals surface area contributed by atoms with Gasteiger partial charge >= 0.3 is 0 Å². The summed E-state index contributed by atoms with van der Waals surface area (Å²) in [5.74, 6) is 3.10. The summed E-state index contributed by atoms with van der Waals surface area (Å²) in [6, 6.07) is 45.8. The average Bonchev–Trinajstić information content (AvgIpc) is 4.00. The van der Waals surface area contributed by atoms with Crippen molar-refractivity contribution in [2.45, 2.75) is 5.92 Å². The minimum Gasteiger partial charge on any atom is -0.456 e. The molecule has 8 heteroatoms. The smallest absolute Gasteiger partial charge is 0.178 e. The first-order valence-electron chi connectivity index (χ1n) is 17.8. The van der Waals surface area contributed by atoms with Gasteiger partial charge in [0.1, 0.15) is 34.2 Å². The third-order valence-corrected chi connectivity index (χ3v) is 10.9. The molecule has 12 rings (SSSR count). The van der Waals surface area contributed by atoms with E-state index in [2.05, 4.69) is 107 Å². The van der Waals surface area contributed by atoms with Crippen LogP contribution in [0.2, 0.25) is 0 Å². The van der Waals surface area contributed by atoms with Crippen LogP contribution in [0.5, 0.6) is 11.5 Å². The molecule has 0 saturated carbocycles. The zero-order valence-corrected chi connectivity index (χ0v) is 28.5. The predicted molar refractivity (Wildman–Crippen MR) is 211 cm³/mol. The van der Waals surface area contributed by atoms with Crippen LogP contribution in [0.15, 0.2) is 153 Å². The van der Waals surface area contributed by atoms with E-state index in [1.165, 1.54) is 16.8 Å². The van der Waals surface area contributed by atoms with Gasteiger partial charge in [0.2, 0.25) is 0 Å². The van der Waals surface area contributed by atoms with Crippen molar-refractivity contribution in [3.8, 4) is 11.5 Å². The van der Waals surface area contributed by atoms with Crippen LogP contribution < -0.4 is 19.4 Å². The molecule has 252 valence electrons. The Morgan fingerprint density at radius 3 is 2.43 bits per heavy atom. The Labute approximate surface area is 303 Å². The molecule has 8 nitrogen and oxygen atoms in total. The lowest BCUT2D eigenvalue weighted by molar-refractivity contribution is 0.476. The Morgan fingerprint density at radius 1 is 0.660 bits per heavy atom. The van der Waals surface area contributed by atoms with Gasteiger partial charge in [0.05, 0.1) is 40.7 Å². The van der Waals surface area contributed by atoms with Gasteiger partial charge in [0.25, 0.3) is 0 Å². The Morgan fingerprint density at radius 2 is 1.51 bits per heavy atom. The molecule has 0 N–H and O–H groups in total. The van der Waals surface area contributed by atoms with Gasteiger partial charge in [-0.15, -0.1) is 0 Å². The fraction of sp³-hybridized carbons (Fsp3) is 0.0667. The van der Waals surface area contributed by atoms with E-state index in [1.807, 2.05) is 54.7 Å². The molecule has 3 aliphatic heterocycles. The number of pyridine rings is 1. The van der Waals surface area contributed by atoms with E-state index >= 15 is 0 Å². The van der Waals surface area contributed by atoms with Crippen molar-refractivity contribution in [2.24, 2.45) is 4.99 Å². The van der Waals surface area contributed by atoms with Crippen molar-refractivity contribution in [2.75, 3.05) is 28.4 Å². The zero-order chi connectivity index (χ0) is 34.8. The maximum atomic E-state index is 6.97. The molecule has 0 saturated heterocycles. The number of nitrogens with zero attached hydrogens (tertiary/aromatic N) is 5. The average molecular weight is 688 g/mol. The maximum absolute atomic E-state index is 6.97. The number of hydrogen-bond donors (Lipinski definition) is 0. The van der Waals surface area contributed by atoms with Crippen LogP contribution in [-0.4, -0.2) is 24.5 Å². The highest BCUT2D eigenvalue weighted by Gasteiger charge is 2.42. The van der Waals surface area contributed by atoms with E-state index in [4.69, 9.17) is 23.5 Å². The maximum Gasteiger partial charge on any atom is 0.178 e. The van der Waals surface area contributed by atoms with Crippen LogP contribution in [0, 0.1) is 0 Å². The Balaban J connectivity index is 1.06. The van der Waals surface area contributed by atoms with E-state index in [-0.39, 0.29) is 5.92 Å². The molecule has 6 heterocycles. The van der Waals surface area contributed by atoms with Gasteiger partial charge in [0.15, 0.2) is 11.3 Å². The summed E-state index contributed by atoms with van der Waals surface area (Å²) < 4.78 is 20.1. The van der Waals surface area contributed by atoms with Crippen LogP contribution in [-0.2, 0) is 0 Å². The molecular weight excluding hydrogens is 659 g/mol. The molecule has 0 fully saturated rings. The number of anilines is 5. The second kappa shape index (κ2) is 10.5. The van der Waals surface area contributed by atoms with Crippen LogP contribution in [0.3, 0.4) is 0 Å². The molecule has 0 bridgehead atoms. The van der Waals surface area contributed by atoms with Crippen molar-refractivity contribution >= 4 is 84.0 Å². The molecular formula is C45H29N5O3. The van der Waals surface area contributed by atoms with Crippen LogP contribution in [0.1, 0.15) is 17.0 Å². The minimum atomic E-state index is 0.0158. The van der Waals surface area contributed by atoms with Crippen molar-refractivity contribution in [1.29, 1.82) is 0 Å². The number of aromatic nitrogens is 1. The molecule has 3 aromatic heterocycles. The summed E-state index contributed by atoms with van der Waals surface area (Å²) in [4.78, 5) is 16.6. The quantitative estimate of drug-likeness (QED) is 0.182. The summed E-state index contributed by atoms with van der Waals surface area (Å²) in [6.45, 7) is 0.708. The number of fused-ring (bicyclic) bond motifs is 13. The predicted octanol–water partition coefficient (Wildman–Crippen LogP) is 11.5. The number of ether oxygens (including phenoxy) is 1. The molecule has 1 unspecified atom stereocenters. The summed E-state index contributed by atoms with van der Waals surface area (Å²) >= 11 is 0. The van der Waals surface area contributed by atoms with Gasteiger partial charge in [-0.1, -0.05) is 60.7 Å². The lowest BCUT2D eigenvalue weighted by Crippen LogP contribution is -2.23. The van der Waals surface area contributed by atoms with Crippen molar-refractivity contribution in [3.63, 3.8) is 0 Å². The lowest BCUT2D eigenvalue weighted by Gasteiger charge is -2.21. The van der Waals surface area contributed by atoms with Crippen molar-refractivity contribution in [1.82, 2.24) is 4.98 Å². The van der Waals surface area contributed by atoms with E-state index in [9.17, 15) is 0 Å². The molecule has 0 aliphatic carbocycles. The fourth-order valence-electron chi connectivity index (χ4n) is 8.58. The standard InChI is InChI=1S/C45H29N5O3/c1-48-25-49(35-14-6-5-13-34(35)48)26-22-32-28-19-20-38-42(31-11-3-7-15-37(31)52-38)44(28)53-43(32)39(23-26)51-27-17-18-30-36(24-27)50(40-16-8-9-21-46-40)45-41(30)29-10-2-4-12-33(29)47-45/h2-24,41H,25H2,1H3. The number of hydrogen-bond acceptors (Lipinski definition) is 8. The number of aliphatic imine (C=N–C) groups is 1. The number of rotatable bonds is 4. The topological polar surface area (TPSA) is 70.5 Å². The van der Waals surface area contributed by atoms with Crippen molar-refractivity contribution in [3.05, 3.63) is 151 Å². The number of benzene rings is 6. The number of furan rings is 2. The largest absolute Gasteiger partial charge is 0.456 e. The highest BCUT2D eigenvalue weighted by molar-refractivity contribution is 6.23. The first-order chi connectivity index (χ1) is 26.2. The summed E-state index contributed by atoms with van der Waals surface area (Å²) in [7, 11) is 2.12. The molecule has 53 heavy (non-hydrogen) atoms. The monoisotopic (exact) mass is 687 g/mol. The van der Waals surface area contributed by atoms with E-state index in [0.717, 1.165) is 72.7 Å². The van der Waals surface area contributed by atoms with Gasteiger partial charge in [-0.25, -0.2) is 9.98 Å².